The van der Waals surface area contributed by atoms with Crippen molar-refractivity contribution in [1.82, 2.24) is 4.90 Å². The Kier molecular flexibility index (Phi) is 4.68. The summed E-state index contributed by atoms with van der Waals surface area (Å²) in [5.74, 6) is -0.560. The van der Waals surface area contributed by atoms with E-state index >= 15 is 0 Å². The molecule has 0 atom stereocenters. The van der Waals surface area contributed by atoms with Gasteiger partial charge in [-0.05, 0) is 28.7 Å². The van der Waals surface area contributed by atoms with Gasteiger partial charge in [0.25, 0.3) is 5.91 Å². The van der Waals surface area contributed by atoms with E-state index in [2.05, 4.69) is 0 Å². The third-order valence-electron chi connectivity index (χ3n) is 4.74. The van der Waals surface area contributed by atoms with Crippen molar-refractivity contribution >= 4 is 5.91 Å². The van der Waals surface area contributed by atoms with Crippen LogP contribution in [0.5, 0.6) is 11.5 Å². The third-order valence-corrected chi connectivity index (χ3v) is 4.74. The quantitative estimate of drug-likeness (QED) is 0.799. The minimum absolute atomic E-state index is 0.0135. The molecule has 0 fully saturated rings. The molecule has 1 aliphatic rings. The number of carbonyl (C=O) groups excluding carboxylic acids is 1. The second kappa shape index (κ2) is 6.76. The Balaban J connectivity index is 2.00. The SMILES string of the molecule is CC(C)c1cc(C(=O)N2Cc3ccccc3C2)c(O)c(CCO)c1O. The Morgan fingerprint density at radius 3 is 2.24 bits per heavy atom. The largest absolute Gasteiger partial charge is 0.507 e. The zero-order valence-corrected chi connectivity index (χ0v) is 14.5. The van der Waals surface area contributed by atoms with Crippen LogP contribution >= 0.6 is 0 Å². The van der Waals surface area contributed by atoms with Gasteiger partial charge in [0.05, 0.1) is 5.56 Å². The molecular formula is C20H23NO4. The Hall–Kier alpha value is -2.53. The van der Waals surface area contributed by atoms with Crippen molar-refractivity contribution in [3.05, 3.63) is 58.1 Å². The summed E-state index contributed by atoms with van der Waals surface area (Å²) in [6.45, 7) is 4.61. The predicted molar refractivity (Wildman–Crippen MR) is 94.7 cm³/mol. The molecule has 0 spiro atoms. The topological polar surface area (TPSA) is 81.0 Å². The smallest absolute Gasteiger partial charge is 0.258 e. The summed E-state index contributed by atoms with van der Waals surface area (Å²) in [5.41, 5.74) is 3.22. The molecule has 132 valence electrons. The van der Waals surface area contributed by atoms with E-state index in [1.54, 1.807) is 11.0 Å². The summed E-state index contributed by atoms with van der Waals surface area (Å²) in [6, 6.07) is 9.45. The highest BCUT2D eigenvalue weighted by molar-refractivity contribution is 5.98. The lowest BCUT2D eigenvalue weighted by Gasteiger charge is -2.21. The average molecular weight is 341 g/mol. The summed E-state index contributed by atoms with van der Waals surface area (Å²) in [7, 11) is 0. The first-order chi connectivity index (χ1) is 11.9. The van der Waals surface area contributed by atoms with Crippen molar-refractivity contribution in [2.75, 3.05) is 6.61 Å². The number of carbonyl (C=O) groups is 1. The number of nitrogens with zero attached hydrogens (tertiary/aromatic N) is 1. The Labute approximate surface area is 147 Å². The molecule has 0 saturated heterocycles. The van der Waals surface area contributed by atoms with Gasteiger partial charge in [-0.2, -0.15) is 0 Å². The van der Waals surface area contributed by atoms with Crippen molar-refractivity contribution in [2.45, 2.75) is 39.3 Å². The molecular weight excluding hydrogens is 318 g/mol. The molecule has 25 heavy (non-hydrogen) atoms. The van der Waals surface area contributed by atoms with Gasteiger partial charge in [-0.1, -0.05) is 38.1 Å². The van der Waals surface area contributed by atoms with E-state index < -0.39 is 0 Å². The molecule has 0 aromatic heterocycles. The van der Waals surface area contributed by atoms with Crippen LogP contribution in [0.15, 0.2) is 30.3 Å². The fourth-order valence-electron chi connectivity index (χ4n) is 3.34. The van der Waals surface area contributed by atoms with Crippen molar-refractivity contribution in [2.24, 2.45) is 0 Å². The normalized spacial score (nSPS) is 13.4. The zero-order chi connectivity index (χ0) is 18.1. The molecule has 0 unspecified atom stereocenters. The molecule has 3 rings (SSSR count). The molecule has 0 aliphatic carbocycles. The molecule has 0 saturated carbocycles. The van der Waals surface area contributed by atoms with E-state index in [1.165, 1.54) is 0 Å². The van der Waals surface area contributed by atoms with Crippen molar-refractivity contribution in [3.63, 3.8) is 0 Å². The highest BCUT2D eigenvalue weighted by Crippen LogP contribution is 2.39. The van der Waals surface area contributed by atoms with Crippen LogP contribution in [0.4, 0.5) is 0 Å². The maximum atomic E-state index is 13.0. The number of aromatic hydroxyl groups is 2. The Morgan fingerprint density at radius 1 is 1.12 bits per heavy atom. The van der Waals surface area contributed by atoms with Crippen molar-refractivity contribution in [3.8, 4) is 11.5 Å². The van der Waals surface area contributed by atoms with Crippen molar-refractivity contribution in [1.29, 1.82) is 0 Å². The van der Waals surface area contributed by atoms with E-state index in [9.17, 15) is 20.1 Å². The molecule has 1 heterocycles. The molecule has 0 radical (unpaired) electrons. The van der Waals surface area contributed by atoms with Crippen LogP contribution in [0.25, 0.3) is 0 Å². The number of phenolic OH excluding ortho intramolecular Hbond substituents is 2. The van der Waals surface area contributed by atoms with Gasteiger partial charge in [0.2, 0.25) is 0 Å². The predicted octanol–water partition coefficient (Wildman–Crippen LogP) is 2.91. The Morgan fingerprint density at radius 2 is 1.72 bits per heavy atom. The summed E-state index contributed by atoms with van der Waals surface area (Å²) in [4.78, 5) is 14.7. The van der Waals surface area contributed by atoms with Crippen LogP contribution in [0.3, 0.4) is 0 Å². The summed E-state index contributed by atoms with van der Waals surface area (Å²) < 4.78 is 0. The number of aliphatic hydroxyl groups is 1. The van der Waals surface area contributed by atoms with Crippen LogP contribution in [-0.4, -0.2) is 32.7 Å². The van der Waals surface area contributed by atoms with Crippen LogP contribution in [0, 0.1) is 0 Å². The third kappa shape index (κ3) is 3.07. The number of rotatable bonds is 4. The number of fused-ring (bicyclic) bond motifs is 1. The fourth-order valence-corrected chi connectivity index (χ4v) is 3.34. The van der Waals surface area contributed by atoms with Crippen LogP contribution < -0.4 is 0 Å². The molecule has 1 amide bonds. The van der Waals surface area contributed by atoms with E-state index in [1.807, 2.05) is 38.1 Å². The summed E-state index contributed by atoms with van der Waals surface area (Å²) in [6.07, 6.45) is 0.0960. The van der Waals surface area contributed by atoms with E-state index in [0.29, 0.717) is 18.7 Å². The number of aliphatic hydroxyl groups excluding tert-OH is 1. The van der Waals surface area contributed by atoms with Gasteiger partial charge >= 0.3 is 0 Å². The molecule has 2 aromatic carbocycles. The zero-order valence-electron chi connectivity index (χ0n) is 14.5. The second-order valence-corrected chi connectivity index (χ2v) is 6.75. The van der Waals surface area contributed by atoms with Gasteiger partial charge in [-0.3, -0.25) is 4.79 Å². The molecule has 1 aliphatic heterocycles. The summed E-state index contributed by atoms with van der Waals surface area (Å²) in [5, 5.41) is 30.2. The number of phenols is 2. The first-order valence-electron chi connectivity index (χ1n) is 8.48. The van der Waals surface area contributed by atoms with Gasteiger partial charge in [0, 0.05) is 31.7 Å². The van der Waals surface area contributed by atoms with Gasteiger partial charge in [-0.15, -0.1) is 0 Å². The molecule has 0 bridgehead atoms. The highest BCUT2D eigenvalue weighted by Gasteiger charge is 2.28. The average Bonchev–Trinajstić information content (AvgIpc) is 3.02. The first kappa shape index (κ1) is 17.3. The highest BCUT2D eigenvalue weighted by atomic mass is 16.3. The maximum Gasteiger partial charge on any atom is 0.258 e. The number of hydrogen-bond acceptors (Lipinski definition) is 4. The first-order valence-corrected chi connectivity index (χ1v) is 8.48. The van der Waals surface area contributed by atoms with Gasteiger partial charge < -0.3 is 20.2 Å². The second-order valence-electron chi connectivity index (χ2n) is 6.75. The van der Waals surface area contributed by atoms with E-state index in [4.69, 9.17) is 0 Å². The van der Waals surface area contributed by atoms with E-state index in [-0.39, 0.29) is 47.5 Å². The summed E-state index contributed by atoms with van der Waals surface area (Å²) >= 11 is 0. The minimum Gasteiger partial charge on any atom is -0.507 e. The maximum absolute atomic E-state index is 13.0. The molecule has 2 aromatic rings. The Bertz CT molecular complexity index is 789. The molecule has 3 N–H and O–H groups in total. The fraction of sp³-hybridized carbons (Fsp3) is 0.350. The van der Waals surface area contributed by atoms with Crippen LogP contribution in [0.1, 0.15) is 52.4 Å². The number of amides is 1. The van der Waals surface area contributed by atoms with Gasteiger partial charge in [-0.25, -0.2) is 0 Å². The van der Waals surface area contributed by atoms with E-state index in [0.717, 1.165) is 11.1 Å². The van der Waals surface area contributed by atoms with Crippen LogP contribution in [0.2, 0.25) is 0 Å². The number of hydrogen-bond donors (Lipinski definition) is 3. The van der Waals surface area contributed by atoms with Crippen LogP contribution in [-0.2, 0) is 19.5 Å². The molecule has 5 nitrogen and oxygen atoms in total. The monoisotopic (exact) mass is 341 g/mol. The van der Waals surface area contributed by atoms with Crippen molar-refractivity contribution < 1.29 is 20.1 Å². The number of benzene rings is 2. The molecule has 5 heteroatoms. The lowest BCUT2D eigenvalue weighted by molar-refractivity contribution is 0.0748. The lowest BCUT2D eigenvalue weighted by atomic mass is 9.93. The minimum atomic E-state index is -0.269. The van der Waals surface area contributed by atoms with Gasteiger partial charge in [0.1, 0.15) is 11.5 Å². The lowest BCUT2D eigenvalue weighted by Crippen LogP contribution is -2.26. The standard InChI is InChI=1S/C20H23NO4/c1-12(2)16-9-17(19(24)15(7-8-22)18(16)23)20(25)21-10-13-5-3-4-6-14(13)11-21/h3-6,9,12,22-24H,7-8,10-11H2,1-2H3. The van der Waals surface area contributed by atoms with Gasteiger partial charge in [0.15, 0.2) is 0 Å².